The molecule has 1 aliphatic rings. The van der Waals surface area contributed by atoms with Crippen LogP contribution in [0.2, 0.25) is 0 Å². The molecule has 0 spiro atoms. The van der Waals surface area contributed by atoms with Gasteiger partial charge in [-0.05, 0) is 60.1 Å². The largest absolute Gasteiger partial charge is 0.388 e. The molecule has 20 heavy (non-hydrogen) atoms. The van der Waals surface area contributed by atoms with Gasteiger partial charge in [-0.1, -0.05) is 46.3 Å². The SMILES string of the molecule is OC(Cc1cccc(Br)c1)c1ccc2c(c1)CCCC2. The van der Waals surface area contributed by atoms with Crippen molar-refractivity contribution in [3.8, 4) is 0 Å². The molecule has 3 rings (SSSR count). The van der Waals surface area contributed by atoms with Gasteiger partial charge in [0.15, 0.2) is 0 Å². The number of benzene rings is 2. The van der Waals surface area contributed by atoms with Gasteiger partial charge in [0, 0.05) is 10.9 Å². The van der Waals surface area contributed by atoms with E-state index in [0.29, 0.717) is 6.42 Å². The highest BCUT2D eigenvalue weighted by molar-refractivity contribution is 9.10. The molecule has 1 atom stereocenters. The van der Waals surface area contributed by atoms with Crippen LogP contribution in [0.3, 0.4) is 0 Å². The van der Waals surface area contributed by atoms with E-state index in [1.54, 1.807) is 0 Å². The quantitative estimate of drug-likeness (QED) is 0.871. The predicted octanol–water partition coefficient (Wildman–Crippen LogP) is 4.60. The highest BCUT2D eigenvalue weighted by Crippen LogP contribution is 2.26. The van der Waals surface area contributed by atoms with Crippen LogP contribution in [0.4, 0.5) is 0 Å². The summed E-state index contributed by atoms with van der Waals surface area (Å²) in [6.07, 6.45) is 5.17. The smallest absolute Gasteiger partial charge is 0.0830 e. The van der Waals surface area contributed by atoms with Crippen LogP contribution in [-0.2, 0) is 19.3 Å². The van der Waals surface area contributed by atoms with Gasteiger partial charge >= 0.3 is 0 Å². The average molecular weight is 331 g/mol. The number of halogens is 1. The molecule has 2 aromatic rings. The lowest BCUT2D eigenvalue weighted by molar-refractivity contribution is 0.178. The van der Waals surface area contributed by atoms with Crippen molar-refractivity contribution in [2.75, 3.05) is 0 Å². The lowest BCUT2D eigenvalue weighted by Crippen LogP contribution is -2.07. The van der Waals surface area contributed by atoms with Crippen molar-refractivity contribution in [1.82, 2.24) is 0 Å². The zero-order valence-corrected chi connectivity index (χ0v) is 13.1. The van der Waals surface area contributed by atoms with Gasteiger partial charge in [-0.2, -0.15) is 0 Å². The predicted molar refractivity (Wildman–Crippen MR) is 85.9 cm³/mol. The van der Waals surface area contributed by atoms with E-state index in [0.717, 1.165) is 22.0 Å². The Hall–Kier alpha value is -1.12. The minimum atomic E-state index is -0.420. The number of hydrogen-bond acceptors (Lipinski definition) is 1. The van der Waals surface area contributed by atoms with E-state index in [9.17, 15) is 5.11 Å². The van der Waals surface area contributed by atoms with Gasteiger partial charge in [-0.15, -0.1) is 0 Å². The molecule has 0 radical (unpaired) electrons. The summed E-state index contributed by atoms with van der Waals surface area (Å²) < 4.78 is 1.06. The van der Waals surface area contributed by atoms with E-state index in [1.165, 1.54) is 30.4 Å². The van der Waals surface area contributed by atoms with Crippen molar-refractivity contribution in [2.45, 2.75) is 38.2 Å². The Bertz CT molecular complexity index is 606. The van der Waals surface area contributed by atoms with Crippen molar-refractivity contribution in [3.05, 3.63) is 69.2 Å². The van der Waals surface area contributed by atoms with Gasteiger partial charge in [0.25, 0.3) is 0 Å². The molecular formula is C18H19BrO. The monoisotopic (exact) mass is 330 g/mol. The normalized spacial score (nSPS) is 15.7. The van der Waals surface area contributed by atoms with Gasteiger partial charge in [0.05, 0.1) is 6.10 Å². The molecule has 1 aliphatic carbocycles. The first-order valence-electron chi connectivity index (χ1n) is 7.26. The number of rotatable bonds is 3. The number of aliphatic hydroxyl groups excluding tert-OH is 1. The van der Waals surface area contributed by atoms with Crippen LogP contribution in [-0.4, -0.2) is 5.11 Å². The topological polar surface area (TPSA) is 20.2 Å². The number of hydrogen-bond donors (Lipinski definition) is 1. The first kappa shape index (κ1) is 13.8. The highest BCUT2D eigenvalue weighted by atomic mass is 79.9. The summed E-state index contributed by atoms with van der Waals surface area (Å²) in [4.78, 5) is 0. The first-order chi connectivity index (χ1) is 9.72. The Labute approximate surface area is 128 Å². The molecule has 0 saturated heterocycles. The van der Waals surface area contributed by atoms with Crippen molar-refractivity contribution >= 4 is 15.9 Å². The molecule has 0 fully saturated rings. The van der Waals surface area contributed by atoms with Crippen molar-refractivity contribution in [1.29, 1.82) is 0 Å². The van der Waals surface area contributed by atoms with Crippen molar-refractivity contribution in [3.63, 3.8) is 0 Å². The van der Waals surface area contributed by atoms with Crippen LogP contribution in [0.5, 0.6) is 0 Å². The average Bonchev–Trinajstić information content (AvgIpc) is 2.47. The lowest BCUT2D eigenvalue weighted by Gasteiger charge is -2.19. The first-order valence-corrected chi connectivity index (χ1v) is 8.06. The van der Waals surface area contributed by atoms with Crippen LogP contribution in [0.25, 0.3) is 0 Å². The van der Waals surface area contributed by atoms with Crippen LogP contribution in [0, 0.1) is 0 Å². The minimum Gasteiger partial charge on any atom is -0.388 e. The Kier molecular flexibility index (Phi) is 4.23. The van der Waals surface area contributed by atoms with Gasteiger partial charge in [0.1, 0.15) is 0 Å². The standard InChI is InChI=1S/C18H19BrO/c19-17-7-3-4-13(10-17)11-18(20)16-9-8-14-5-1-2-6-15(14)12-16/h3-4,7-10,12,18,20H,1-2,5-6,11H2. The maximum atomic E-state index is 10.5. The second kappa shape index (κ2) is 6.11. The Morgan fingerprint density at radius 2 is 1.80 bits per heavy atom. The third kappa shape index (κ3) is 3.13. The second-order valence-corrected chi connectivity index (χ2v) is 6.50. The summed E-state index contributed by atoms with van der Waals surface area (Å²) in [6, 6.07) is 14.7. The number of aryl methyl sites for hydroxylation is 2. The van der Waals surface area contributed by atoms with E-state index in [4.69, 9.17) is 0 Å². The molecular weight excluding hydrogens is 312 g/mol. The Morgan fingerprint density at radius 1 is 1.00 bits per heavy atom. The number of fused-ring (bicyclic) bond motifs is 1. The van der Waals surface area contributed by atoms with E-state index in [2.05, 4.69) is 46.3 Å². The third-order valence-electron chi connectivity index (χ3n) is 4.08. The summed E-state index contributed by atoms with van der Waals surface area (Å²) in [5.74, 6) is 0. The van der Waals surface area contributed by atoms with E-state index in [1.807, 2.05) is 12.1 Å². The van der Waals surface area contributed by atoms with Crippen LogP contribution < -0.4 is 0 Å². The fraction of sp³-hybridized carbons (Fsp3) is 0.333. The summed E-state index contributed by atoms with van der Waals surface area (Å²) in [5, 5.41) is 10.5. The van der Waals surface area contributed by atoms with Gasteiger partial charge in [0.2, 0.25) is 0 Å². The molecule has 0 heterocycles. The zero-order chi connectivity index (χ0) is 13.9. The zero-order valence-electron chi connectivity index (χ0n) is 11.5. The van der Waals surface area contributed by atoms with Crippen LogP contribution >= 0.6 is 15.9 Å². The molecule has 1 N–H and O–H groups in total. The molecule has 0 bridgehead atoms. The molecule has 0 aliphatic heterocycles. The molecule has 0 aromatic heterocycles. The van der Waals surface area contributed by atoms with Crippen LogP contribution in [0.15, 0.2) is 46.9 Å². The Balaban J connectivity index is 1.78. The van der Waals surface area contributed by atoms with E-state index in [-0.39, 0.29) is 0 Å². The Morgan fingerprint density at radius 3 is 2.60 bits per heavy atom. The maximum absolute atomic E-state index is 10.5. The fourth-order valence-corrected chi connectivity index (χ4v) is 3.41. The van der Waals surface area contributed by atoms with E-state index >= 15 is 0 Å². The van der Waals surface area contributed by atoms with Gasteiger partial charge in [-0.25, -0.2) is 0 Å². The van der Waals surface area contributed by atoms with Crippen molar-refractivity contribution < 1.29 is 5.11 Å². The summed E-state index contributed by atoms with van der Waals surface area (Å²) in [5.41, 5.74) is 5.10. The summed E-state index contributed by atoms with van der Waals surface area (Å²) in [6.45, 7) is 0. The molecule has 0 amide bonds. The minimum absolute atomic E-state index is 0.420. The van der Waals surface area contributed by atoms with Crippen LogP contribution in [0.1, 0.15) is 41.2 Å². The second-order valence-electron chi connectivity index (χ2n) is 5.59. The third-order valence-corrected chi connectivity index (χ3v) is 4.57. The molecule has 1 nitrogen and oxygen atoms in total. The molecule has 1 unspecified atom stereocenters. The van der Waals surface area contributed by atoms with E-state index < -0.39 is 6.10 Å². The molecule has 0 saturated carbocycles. The fourth-order valence-electron chi connectivity index (χ4n) is 2.97. The lowest BCUT2D eigenvalue weighted by atomic mass is 9.89. The molecule has 104 valence electrons. The number of aliphatic hydroxyl groups is 1. The van der Waals surface area contributed by atoms with Gasteiger partial charge < -0.3 is 5.11 Å². The highest BCUT2D eigenvalue weighted by Gasteiger charge is 2.14. The molecule has 2 heteroatoms. The summed E-state index contributed by atoms with van der Waals surface area (Å²) >= 11 is 3.48. The van der Waals surface area contributed by atoms with Crippen molar-refractivity contribution in [2.24, 2.45) is 0 Å². The summed E-state index contributed by atoms with van der Waals surface area (Å²) in [7, 11) is 0. The maximum Gasteiger partial charge on any atom is 0.0830 e. The van der Waals surface area contributed by atoms with Gasteiger partial charge in [-0.3, -0.25) is 0 Å². The molecule has 2 aromatic carbocycles.